The zero-order valence-electron chi connectivity index (χ0n) is 20.0. The third-order valence-corrected chi connectivity index (χ3v) is 6.59. The number of hydrogen-bond acceptors (Lipinski definition) is 8. The van der Waals surface area contributed by atoms with Crippen LogP contribution in [0.5, 0.6) is 11.8 Å². The van der Waals surface area contributed by atoms with E-state index < -0.39 is 0 Å². The Morgan fingerprint density at radius 3 is 2.66 bits per heavy atom. The van der Waals surface area contributed by atoms with Gasteiger partial charge in [0.2, 0.25) is 5.95 Å². The maximum absolute atomic E-state index is 13.0. The molecule has 0 radical (unpaired) electrons. The van der Waals surface area contributed by atoms with E-state index in [0.717, 1.165) is 45.8 Å². The number of aromatic nitrogens is 4. The van der Waals surface area contributed by atoms with Crippen molar-refractivity contribution in [3.63, 3.8) is 0 Å². The summed E-state index contributed by atoms with van der Waals surface area (Å²) in [6.45, 7) is 6.87. The maximum atomic E-state index is 13.0. The lowest BCUT2D eigenvalue weighted by Crippen LogP contribution is -2.44. The first-order valence-corrected chi connectivity index (χ1v) is 12.3. The molecule has 4 heterocycles. The van der Waals surface area contributed by atoms with Crippen LogP contribution in [0.4, 0.5) is 5.95 Å². The van der Waals surface area contributed by atoms with Crippen molar-refractivity contribution in [3.05, 3.63) is 40.2 Å². The van der Waals surface area contributed by atoms with Crippen LogP contribution in [-0.2, 0) is 7.05 Å². The van der Waals surface area contributed by atoms with Crippen LogP contribution in [0.2, 0.25) is 0 Å². The molecule has 0 spiro atoms. The van der Waals surface area contributed by atoms with Gasteiger partial charge < -0.3 is 30.2 Å². The van der Waals surface area contributed by atoms with Crippen LogP contribution in [-0.4, -0.2) is 82.7 Å². The molecule has 5 rings (SSSR count). The number of carbonyl (C=O) groups excluding carboxylic acids is 1. The molecule has 0 unspecified atom stereocenters. The fourth-order valence-electron chi connectivity index (χ4n) is 4.57. The van der Waals surface area contributed by atoms with Crippen molar-refractivity contribution >= 4 is 23.0 Å². The number of anilines is 1. The third kappa shape index (κ3) is 5.15. The van der Waals surface area contributed by atoms with Crippen molar-refractivity contribution in [1.29, 1.82) is 0 Å². The number of likely N-dealkylation sites (tertiary alicyclic amines) is 1. The van der Waals surface area contributed by atoms with Gasteiger partial charge in [-0.15, -0.1) is 0 Å². The molecule has 2 fully saturated rings. The normalized spacial score (nSPS) is 17.0. The first kappa shape index (κ1) is 23.3. The molecule has 0 saturated carbocycles. The van der Waals surface area contributed by atoms with Crippen LogP contribution in [0.15, 0.2) is 29.1 Å². The molecule has 2 aliphatic heterocycles. The molecule has 0 bridgehead atoms. The van der Waals surface area contributed by atoms with Crippen molar-refractivity contribution in [3.8, 4) is 11.8 Å². The second-order valence-corrected chi connectivity index (χ2v) is 9.01. The molecule has 11 heteroatoms. The van der Waals surface area contributed by atoms with Gasteiger partial charge in [0.1, 0.15) is 5.75 Å². The van der Waals surface area contributed by atoms with E-state index in [1.54, 1.807) is 31.3 Å². The van der Waals surface area contributed by atoms with Crippen molar-refractivity contribution < 1.29 is 9.53 Å². The molecule has 3 N–H and O–H groups in total. The number of para-hydroxylation sites is 1. The molecular weight excluding hydrogens is 448 g/mol. The Morgan fingerprint density at radius 1 is 1.09 bits per heavy atom. The summed E-state index contributed by atoms with van der Waals surface area (Å²) in [5.74, 6) is 0.740. The first-order valence-electron chi connectivity index (χ1n) is 12.3. The first-order chi connectivity index (χ1) is 17.1. The minimum absolute atomic E-state index is 0.0782. The zero-order chi connectivity index (χ0) is 24.2. The Morgan fingerprint density at radius 2 is 1.86 bits per heavy atom. The zero-order valence-corrected chi connectivity index (χ0v) is 20.0. The fourth-order valence-corrected chi connectivity index (χ4v) is 4.57. The number of rotatable bonds is 7. The molecule has 3 aromatic rings. The van der Waals surface area contributed by atoms with E-state index in [4.69, 9.17) is 4.74 Å². The summed E-state index contributed by atoms with van der Waals surface area (Å²) in [5.41, 5.74) is 0.726. The Kier molecular flexibility index (Phi) is 6.96. The van der Waals surface area contributed by atoms with Gasteiger partial charge in [0, 0.05) is 46.3 Å². The van der Waals surface area contributed by atoms with Crippen LogP contribution in [0.1, 0.15) is 29.6 Å². The van der Waals surface area contributed by atoms with E-state index in [0.29, 0.717) is 35.0 Å². The lowest BCUT2D eigenvalue weighted by molar-refractivity contribution is 0.0944. The Balaban J connectivity index is 1.33. The molecule has 2 aliphatic rings. The molecule has 0 atom stereocenters. The van der Waals surface area contributed by atoms with Gasteiger partial charge in [0.15, 0.2) is 11.2 Å². The second-order valence-electron chi connectivity index (χ2n) is 9.01. The average Bonchev–Trinajstić information content (AvgIpc) is 3.33. The lowest BCUT2D eigenvalue weighted by atomic mass is 10.1. The largest absolute Gasteiger partial charge is 0.425 e. The number of carbonyl (C=O) groups is 1. The highest BCUT2D eigenvalue weighted by Gasteiger charge is 2.20. The summed E-state index contributed by atoms with van der Waals surface area (Å²) < 4.78 is 7.33. The summed E-state index contributed by atoms with van der Waals surface area (Å²) in [6.07, 6.45) is 3.71. The summed E-state index contributed by atoms with van der Waals surface area (Å²) >= 11 is 0. The minimum atomic E-state index is -0.289. The summed E-state index contributed by atoms with van der Waals surface area (Å²) in [4.78, 5) is 42.5. The fraction of sp³-hybridized carbons (Fsp3) is 0.500. The number of amides is 1. The number of imidazole rings is 1. The molecule has 186 valence electrons. The van der Waals surface area contributed by atoms with Crippen LogP contribution in [0, 0.1) is 0 Å². The van der Waals surface area contributed by atoms with Gasteiger partial charge in [-0.2, -0.15) is 9.97 Å². The monoisotopic (exact) mass is 480 g/mol. The van der Waals surface area contributed by atoms with Gasteiger partial charge >= 0.3 is 6.01 Å². The van der Waals surface area contributed by atoms with Crippen molar-refractivity contribution in [2.75, 3.05) is 57.3 Å². The molecule has 11 nitrogen and oxygen atoms in total. The van der Waals surface area contributed by atoms with Gasteiger partial charge in [-0.05, 0) is 38.1 Å². The number of nitrogens with zero attached hydrogens (tertiary/aromatic N) is 5. The number of aromatic amines is 1. The number of piperazine rings is 1. The van der Waals surface area contributed by atoms with E-state index in [9.17, 15) is 9.59 Å². The number of H-pyrrole nitrogens is 1. The Labute approximate surface area is 203 Å². The summed E-state index contributed by atoms with van der Waals surface area (Å²) in [6, 6.07) is 7.06. The van der Waals surface area contributed by atoms with Gasteiger partial charge in [0.25, 0.3) is 11.5 Å². The molecule has 0 aliphatic carbocycles. The van der Waals surface area contributed by atoms with Crippen molar-refractivity contribution in [2.24, 2.45) is 7.05 Å². The van der Waals surface area contributed by atoms with Crippen molar-refractivity contribution in [2.45, 2.75) is 19.3 Å². The molecule has 1 aromatic carbocycles. The highest BCUT2D eigenvalue weighted by Crippen LogP contribution is 2.24. The van der Waals surface area contributed by atoms with E-state index in [1.807, 2.05) is 0 Å². The van der Waals surface area contributed by atoms with E-state index in [1.165, 1.54) is 23.8 Å². The maximum Gasteiger partial charge on any atom is 0.306 e. The number of benzene rings is 1. The average molecular weight is 481 g/mol. The molecule has 1 amide bonds. The molecule has 35 heavy (non-hydrogen) atoms. The lowest BCUT2D eigenvalue weighted by Gasteiger charge is -2.26. The Hall–Kier alpha value is -3.44. The van der Waals surface area contributed by atoms with Crippen LogP contribution in [0.3, 0.4) is 0 Å². The standard InChI is InChI=1S/C24H32N8O3/c1-30-22(34)19-20(28-23(27-19)32-15-9-25-10-16-32)29-24(30)35-18-8-4-3-7-17(18)21(33)26-11-14-31-12-5-2-6-13-31/h3-4,7-8,25H,2,5-6,9-16H2,1H3,(H,26,33)(H,27,28). The quantitative estimate of drug-likeness (QED) is 0.459. The van der Waals surface area contributed by atoms with Crippen LogP contribution in [0.25, 0.3) is 11.2 Å². The van der Waals surface area contributed by atoms with Crippen molar-refractivity contribution in [1.82, 2.24) is 35.1 Å². The molecular formula is C24H32N8O3. The third-order valence-electron chi connectivity index (χ3n) is 6.59. The second kappa shape index (κ2) is 10.4. The summed E-state index contributed by atoms with van der Waals surface area (Å²) in [5, 5.41) is 6.29. The number of nitrogens with one attached hydrogen (secondary N) is 3. The van der Waals surface area contributed by atoms with Gasteiger partial charge in [-0.25, -0.2) is 0 Å². The molecule has 2 aromatic heterocycles. The van der Waals surface area contributed by atoms with E-state index in [2.05, 4.69) is 35.4 Å². The SMILES string of the molecule is Cn1c(Oc2ccccc2C(=O)NCCN2CCCCC2)nc2nc(N3CCNCC3)[nH]c2c1=O. The predicted octanol–water partition coefficient (Wildman–Crippen LogP) is 1.07. The highest BCUT2D eigenvalue weighted by molar-refractivity contribution is 5.97. The predicted molar refractivity (Wildman–Crippen MR) is 133 cm³/mol. The summed E-state index contributed by atoms with van der Waals surface area (Å²) in [7, 11) is 1.59. The van der Waals surface area contributed by atoms with Crippen LogP contribution < -0.4 is 25.8 Å². The van der Waals surface area contributed by atoms with Gasteiger partial charge in [-0.3, -0.25) is 14.2 Å². The van der Waals surface area contributed by atoms with Gasteiger partial charge in [-0.1, -0.05) is 18.6 Å². The number of ether oxygens (including phenoxy) is 1. The molecule has 2 saturated heterocycles. The number of hydrogen-bond donors (Lipinski definition) is 3. The topological polar surface area (TPSA) is 120 Å². The van der Waals surface area contributed by atoms with Gasteiger partial charge in [0.05, 0.1) is 5.56 Å². The minimum Gasteiger partial charge on any atom is -0.425 e. The number of piperidine rings is 1. The van der Waals surface area contributed by atoms with E-state index in [-0.39, 0.29) is 17.5 Å². The highest BCUT2D eigenvalue weighted by atomic mass is 16.5. The van der Waals surface area contributed by atoms with Crippen LogP contribution >= 0.6 is 0 Å². The van der Waals surface area contributed by atoms with E-state index >= 15 is 0 Å². The number of fused-ring (bicyclic) bond motifs is 1. The Bertz CT molecular complexity index is 1240. The smallest absolute Gasteiger partial charge is 0.306 e.